The predicted octanol–water partition coefficient (Wildman–Crippen LogP) is -1.57. The third kappa shape index (κ3) is 91.1. The Kier molecular flexibility index (Phi) is 114. The number of hydrogen-bond acceptors (Lipinski definition) is 3. The summed E-state index contributed by atoms with van der Waals surface area (Å²) < 4.78 is 0. The Morgan fingerprint density at radius 2 is 1.60 bits per heavy atom. The molecule has 0 aromatic heterocycles. The van der Waals surface area contributed by atoms with Gasteiger partial charge in [0.1, 0.15) is 0 Å². The SMILES string of the molecule is C=CC(=O)O.N.N.[CH2-]C.[Na+]. The molecule has 5 heteroatoms. The van der Waals surface area contributed by atoms with Crippen molar-refractivity contribution in [1.82, 2.24) is 12.3 Å². The molecule has 0 spiro atoms. The fourth-order valence-corrected chi connectivity index (χ4v) is 0. The molecule has 0 aliphatic carbocycles. The molecule has 0 aliphatic heterocycles. The van der Waals surface area contributed by atoms with Crippen LogP contribution in [-0.4, -0.2) is 11.1 Å². The molecule has 0 atom stereocenters. The number of carboxylic acids is 1. The summed E-state index contributed by atoms with van der Waals surface area (Å²) in [5, 5.41) is 7.60. The van der Waals surface area contributed by atoms with E-state index in [2.05, 4.69) is 13.5 Å². The number of carbonyl (C=O) groups is 1. The van der Waals surface area contributed by atoms with Crippen LogP contribution < -0.4 is 41.9 Å². The van der Waals surface area contributed by atoms with Crippen molar-refractivity contribution in [2.45, 2.75) is 6.92 Å². The first-order chi connectivity index (χ1) is 3.27. The van der Waals surface area contributed by atoms with Crippen LogP contribution in [0.25, 0.3) is 0 Å². The summed E-state index contributed by atoms with van der Waals surface area (Å²) in [6.07, 6.45) is 0.833. The Labute approximate surface area is 84.2 Å². The fourth-order valence-electron chi connectivity index (χ4n) is 0. The molecule has 4 nitrogen and oxygen atoms in total. The van der Waals surface area contributed by atoms with Crippen LogP contribution in [0.4, 0.5) is 0 Å². The second-order valence-corrected chi connectivity index (χ2v) is 0.542. The van der Waals surface area contributed by atoms with Gasteiger partial charge in [0, 0.05) is 6.08 Å². The molecule has 10 heavy (non-hydrogen) atoms. The van der Waals surface area contributed by atoms with Crippen molar-refractivity contribution in [3.63, 3.8) is 0 Å². The maximum atomic E-state index is 9.25. The third-order valence-corrected chi connectivity index (χ3v) is 0.175. The molecule has 0 aromatic rings. The van der Waals surface area contributed by atoms with Crippen LogP contribution in [0.2, 0.25) is 0 Å². The summed E-state index contributed by atoms with van der Waals surface area (Å²) in [6, 6.07) is 0. The first kappa shape index (κ1) is 32.1. The van der Waals surface area contributed by atoms with E-state index in [0.717, 1.165) is 6.08 Å². The molecular weight excluding hydrogens is 143 g/mol. The van der Waals surface area contributed by atoms with E-state index in [1.165, 1.54) is 0 Å². The van der Waals surface area contributed by atoms with Gasteiger partial charge in [-0.25, -0.2) is 4.79 Å². The molecule has 0 rings (SSSR count). The molecule has 7 N–H and O–H groups in total. The zero-order valence-electron chi connectivity index (χ0n) is 6.76. The minimum absolute atomic E-state index is 0. The third-order valence-electron chi connectivity index (χ3n) is 0.175. The van der Waals surface area contributed by atoms with Crippen molar-refractivity contribution in [3.8, 4) is 0 Å². The average Bonchev–Trinajstić information content (AvgIpc) is 1.73. The van der Waals surface area contributed by atoms with Crippen molar-refractivity contribution >= 4 is 5.97 Å². The van der Waals surface area contributed by atoms with Gasteiger partial charge in [0.25, 0.3) is 0 Å². The number of hydrogen-bond donors (Lipinski definition) is 3. The first-order valence-corrected chi connectivity index (χ1v) is 1.83. The molecule has 0 heterocycles. The van der Waals surface area contributed by atoms with E-state index in [1.807, 2.05) is 0 Å². The molecule has 0 amide bonds. The van der Waals surface area contributed by atoms with Crippen molar-refractivity contribution in [3.05, 3.63) is 19.6 Å². The second kappa shape index (κ2) is 35.4. The Morgan fingerprint density at radius 1 is 1.50 bits per heavy atom. The zero-order chi connectivity index (χ0) is 6.28. The number of rotatable bonds is 1. The summed E-state index contributed by atoms with van der Waals surface area (Å²) in [7, 11) is 0. The van der Waals surface area contributed by atoms with Gasteiger partial charge in [-0.05, 0) is 0 Å². The molecule has 0 aliphatic rings. The van der Waals surface area contributed by atoms with E-state index in [9.17, 15) is 4.79 Å². The largest absolute Gasteiger partial charge is 1.00 e. The predicted molar refractivity (Wildman–Crippen MR) is 38.9 cm³/mol. The molecule has 0 radical (unpaired) electrons. The van der Waals surface area contributed by atoms with Crippen molar-refractivity contribution in [2.75, 3.05) is 0 Å². The topological polar surface area (TPSA) is 107 Å². The summed E-state index contributed by atoms with van der Waals surface area (Å²) in [5.74, 6) is -0.981. The van der Waals surface area contributed by atoms with Crippen molar-refractivity contribution in [1.29, 1.82) is 0 Å². The smallest absolute Gasteiger partial charge is 0.478 e. The second-order valence-electron chi connectivity index (χ2n) is 0.542. The molecule has 0 saturated carbocycles. The van der Waals surface area contributed by atoms with E-state index in [4.69, 9.17) is 5.11 Å². The molecular formula is C5H15N2NaO2. The minimum Gasteiger partial charge on any atom is -0.478 e. The van der Waals surface area contributed by atoms with Crippen LogP contribution in [0.3, 0.4) is 0 Å². The summed E-state index contributed by atoms with van der Waals surface area (Å²) in [4.78, 5) is 9.25. The number of carboxylic acid groups (broad SMARTS) is 1. The first-order valence-electron chi connectivity index (χ1n) is 1.83. The number of aliphatic carboxylic acids is 1. The van der Waals surface area contributed by atoms with Crippen LogP contribution in [0, 0.1) is 6.92 Å². The van der Waals surface area contributed by atoms with E-state index < -0.39 is 5.97 Å². The van der Waals surface area contributed by atoms with Crippen LogP contribution in [0.5, 0.6) is 0 Å². The van der Waals surface area contributed by atoms with Gasteiger partial charge >= 0.3 is 35.5 Å². The van der Waals surface area contributed by atoms with Crippen LogP contribution in [0.15, 0.2) is 12.7 Å². The van der Waals surface area contributed by atoms with Gasteiger partial charge in [-0.3, -0.25) is 0 Å². The molecule has 58 valence electrons. The molecule has 0 saturated heterocycles. The average molecular weight is 158 g/mol. The van der Waals surface area contributed by atoms with Crippen LogP contribution >= 0.6 is 0 Å². The van der Waals surface area contributed by atoms with Crippen LogP contribution in [-0.2, 0) is 4.79 Å². The molecule has 0 fully saturated rings. The summed E-state index contributed by atoms with van der Waals surface area (Å²) in [5.41, 5.74) is 0. The normalized spacial score (nSPS) is 3.80. The van der Waals surface area contributed by atoms with Gasteiger partial charge in [0.2, 0.25) is 0 Å². The standard InChI is InChI=1S/C3H4O2.C2H5.2H3N.Na/c1-2-3(4)5;1-2;;;/h2H,1H2,(H,4,5);1H2,2H3;2*1H3;/q;-1;;;+1. The Balaban J connectivity index is -0.0000000154. The molecule has 0 unspecified atom stereocenters. The van der Waals surface area contributed by atoms with Gasteiger partial charge in [-0.2, -0.15) is 6.92 Å². The van der Waals surface area contributed by atoms with E-state index in [1.54, 1.807) is 6.92 Å². The van der Waals surface area contributed by atoms with Gasteiger partial charge < -0.3 is 24.3 Å². The maximum Gasteiger partial charge on any atom is 1.00 e. The van der Waals surface area contributed by atoms with E-state index in [-0.39, 0.29) is 41.9 Å². The Morgan fingerprint density at radius 3 is 1.60 bits per heavy atom. The molecule has 0 aromatic carbocycles. The monoisotopic (exact) mass is 158 g/mol. The quantitative estimate of drug-likeness (QED) is 0.243. The van der Waals surface area contributed by atoms with Crippen LogP contribution in [0.1, 0.15) is 6.92 Å². The summed E-state index contributed by atoms with van der Waals surface area (Å²) >= 11 is 0. The van der Waals surface area contributed by atoms with E-state index in [0.29, 0.717) is 0 Å². The van der Waals surface area contributed by atoms with Gasteiger partial charge in [-0.1, -0.05) is 6.58 Å². The minimum atomic E-state index is -0.981. The van der Waals surface area contributed by atoms with Gasteiger partial charge in [0.05, 0.1) is 0 Å². The Bertz CT molecular complexity index is 68.7. The fraction of sp³-hybridized carbons (Fsp3) is 0.200. The van der Waals surface area contributed by atoms with Crippen molar-refractivity contribution in [2.24, 2.45) is 0 Å². The van der Waals surface area contributed by atoms with Crippen molar-refractivity contribution < 1.29 is 39.5 Å². The maximum absolute atomic E-state index is 9.25. The van der Waals surface area contributed by atoms with Gasteiger partial charge in [0.15, 0.2) is 0 Å². The zero-order valence-corrected chi connectivity index (χ0v) is 8.76. The van der Waals surface area contributed by atoms with E-state index >= 15 is 0 Å². The molecule has 0 bridgehead atoms. The summed E-state index contributed by atoms with van der Waals surface area (Å²) in [6.45, 7) is 7.96. The van der Waals surface area contributed by atoms with Gasteiger partial charge in [-0.15, -0.1) is 0 Å². The Hall–Kier alpha value is 0.130.